The number of ether oxygens (including phenoxy) is 1. The second kappa shape index (κ2) is 8.57. The summed E-state index contributed by atoms with van der Waals surface area (Å²) in [6, 6.07) is 6.74. The van der Waals surface area contributed by atoms with Crippen molar-refractivity contribution in [1.29, 1.82) is 0 Å². The molecule has 132 valence electrons. The van der Waals surface area contributed by atoms with Crippen LogP contribution in [-0.2, 0) is 12.8 Å². The van der Waals surface area contributed by atoms with Crippen molar-refractivity contribution in [1.82, 2.24) is 4.98 Å². The Bertz CT molecular complexity index is 647. The van der Waals surface area contributed by atoms with E-state index in [9.17, 15) is 0 Å². The molecule has 0 fully saturated rings. The van der Waals surface area contributed by atoms with Gasteiger partial charge in [0, 0.05) is 22.6 Å². The molecule has 1 aromatic heterocycles. The number of H-pyrrole nitrogens is 1. The van der Waals surface area contributed by atoms with Crippen LogP contribution in [-0.4, -0.2) is 17.6 Å². The molecule has 0 aliphatic heterocycles. The van der Waals surface area contributed by atoms with E-state index in [0.717, 1.165) is 38.0 Å². The van der Waals surface area contributed by atoms with Crippen LogP contribution in [0.1, 0.15) is 69.5 Å². The van der Waals surface area contributed by atoms with Crippen LogP contribution in [0, 0.1) is 0 Å². The molecule has 3 rings (SSSR count). The molecule has 3 N–H and O–H groups in total. The topological polar surface area (TPSA) is 51.0 Å². The number of aromatic amines is 1. The molecule has 1 aliphatic carbocycles. The fourth-order valence-corrected chi connectivity index (χ4v) is 3.76. The lowest BCUT2D eigenvalue weighted by atomic mass is 9.92. The van der Waals surface area contributed by atoms with Gasteiger partial charge in [-0.2, -0.15) is 0 Å². The van der Waals surface area contributed by atoms with Crippen molar-refractivity contribution in [2.45, 2.75) is 77.2 Å². The van der Waals surface area contributed by atoms with Gasteiger partial charge in [0.15, 0.2) is 0 Å². The highest BCUT2D eigenvalue weighted by Crippen LogP contribution is 2.31. The van der Waals surface area contributed by atoms with E-state index in [1.165, 1.54) is 60.7 Å². The molecule has 2 aromatic rings. The summed E-state index contributed by atoms with van der Waals surface area (Å²) in [6.07, 6.45) is 12.4. The van der Waals surface area contributed by atoms with Crippen molar-refractivity contribution in [3.63, 3.8) is 0 Å². The van der Waals surface area contributed by atoms with Crippen LogP contribution in [0.5, 0.6) is 5.75 Å². The first-order valence-electron chi connectivity index (χ1n) is 9.79. The first-order chi connectivity index (χ1) is 11.8. The van der Waals surface area contributed by atoms with Crippen molar-refractivity contribution in [3.05, 3.63) is 29.5 Å². The molecule has 1 aliphatic rings. The highest BCUT2D eigenvalue weighted by atomic mass is 16.5. The van der Waals surface area contributed by atoms with Crippen molar-refractivity contribution >= 4 is 10.9 Å². The van der Waals surface area contributed by atoms with E-state index in [0.29, 0.717) is 6.04 Å². The Hall–Kier alpha value is -1.48. The van der Waals surface area contributed by atoms with Crippen LogP contribution >= 0.6 is 0 Å². The minimum absolute atomic E-state index is 0.300. The van der Waals surface area contributed by atoms with Crippen LogP contribution in [0.2, 0.25) is 0 Å². The number of unbranched alkanes of at least 4 members (excludes halogenated alkanes) is 6. The van der Waals surface area contributed by atoms with Crippen molar-refractivity contribution in [2.75, 3.05) is 6.61 Å². The van der Waals surface area contributed by atoms with Gasteiger partial charge in [-0.15, -0.1) is 0 Å². The molecule has 1 aromatic carbocycles. The smallest absolute Gasteiger partial charge is 0.120 e. The lowest BCUT2D eigenvalue weighted by Gasteiger charge is -2.18. The van der Waals surface area contributed by atoms with Crippen LogP contribution in [0.25, 0.3) is 10.9 Å². The summed E-state index contributed by atoms with van der Waals surface area (Å²) in [5, 5.41) is 1.30. The number of hydrogen-bond donors (Lipinski definition) is 2. The summed E-state index contributed by atoms with van der Waals surface area (Å²) < 4.78 is 5.98. The van der Waals surface area contributed by atoms with Gasteiger partial charge in [-0.1, -0.05) is 45.4 Å². The van der Waals surface area contributed by atoms with Crippen molar-refractivity contribution < 1.29 is 4.74 Å². The molecular weight excluding hydrogens is 296 g/mol. The zero-order valence-electron chi connectivity index (χ0n) is 15.1. The maximum absolute atomic E-state index is 6.15. The number of nitrogens with one attached hydrogen (secondary N) is 1. The van der Waals surface area contributed by atoms with E-state index in [1.807, 2.05) is 0 Å². The van der Waals surface area contributed by atoms with Gasteiger partial charge in [0.25, 0.3) is 0 Å². The Morgan fingerprint density at radius 1 is 1.12 bits per heavy atom. The van der Waals surface area contributed by atoms with E-state index in [2.05, 4.69) is 30.1 Å². The number of hydrogen-bond acceptors (Lipinski definition) is 2. The first kappa shape index (κ1) is 17.3. The summed E-state index contributed by atoms with van der Waals surface area (Å²) in [4.78, 5) is 3.55. The molecule has 24 heavy (non-hydrogen) atoms. The molecule has 1 heterocycles. The van der Waals surface area contributed by atoms with Crippen LogP contribution in [0.15, 0.2) is 18.2 Å². The largest absolute Gasteiger partial charge is 0.494 e. The third kappa shape index (κ3) is 4.32. The molecule has 0 unspecified atom stereocenters. The predicted octanol–water partition coefficient (Wildman–Crippen LogP) is 5.11. The Morgan fingerprint density at radius 3 is 2.75 bits per heavy atom. The van der Waals surface area contributed by atoms with E-state index in [-0.39, 0.29) is 0 Å². The number of aromatic nitrogens is 1. The molecule has 0 amide bonds. The fourth-order valence-electron chi connectivity index (χ4n) is 3.76. The predicted molar refractivity (Wildman–Crippen MR) is 102 cm³/mol. The molecule has 0 bridgehead atoms. The van der Waals surface area contributed by atoms with Crippen molar-refractivity contribution in [2.24, 2.45) is 5.73 Å². The zero-order chi connectivity index (χ0) is 16.8. The Balaban J connectivity index is 1.50. The van der Waals surface area contributed by atoms with Crippen LogP contribution < -0.4 is 10.5 Å². The Labute approximate surface area is 146 Å². The van der Waals surface area contributed by atoms with E-state index in [1.54, 1.807) is 0 Å². The highest BCUT2D eigenvalue weighted by molar-refractivity contribution is 5.86. The Kier molecular flexibility index (Phi) is 6.19. The third-order valence-corrected chi connectivity index (χ3v) is 5.21. The van der Waals surface area contributed by atoms with Gasteiger partial charge in [0.2, 0.25) is 0 Å². The number of rotatable bonds is 9. The minimum Gasteiger partial charge on any atom is -0.494 e. The fraction of sp³-hybridized carbons (Fsp3) is 0.619. The normalized spacial score (nSPS) is 17.2. The molecule has 0 saturated carbocycles. The minimum atomic E-state index is 0.300. The van der Waals surface area contributed by atoms with E-state index in [4.69, 9.17) is 10.5 Å². The van der Waals surface area contributed by atoms with Crippen LogP contribution in [0.3, 0.4) is 0 Å². The van der Waals surface area contributed by atoms with Gasteiger partial charge in [-0.3, -0.25) is 0 Å². The number of fused-ring (bicyclic) bond motifs is 3. The monoisotopic (exact) mass is 328 g/mol. The molecule has 1 atom stereocenters. The quantitative estimate of drug-likeness (QED) is 0.628. The maximum atomic E-state index is 6.15. The number of benzene rings is 1. The average Bonchev–Trinajstić information content (AvgIpc) is 2.94. The van der Waals surface area contributed by atoms with Gasteiger partial charge < -0.3 is 15.5 Å². The summed E-state index contributed by atoms with van der Waals surface area (Å²) >= 11 is 0. The van der Waals surface area contributed by atoms with Gasteiger partial charge >= 0.3 is 0 Å². The summed E-state index contributed by atoms with van der Waals surface area (Å²) in [5.41, 5.74) is 10.1. The molecule has 3 heteroatoms. The SMILES string of the molecule is CCCCCCCCCOc1ccc2[nH]c3c(c2c1)C[C@@H](N)CC3. The van der Waals surface area contributed by atoms with Crippen LogP contribution in [0.4, 0.5) is 0 Å². The number of aryl methyl sites for hydroxylation is 1. The molecule has 0 saturated heterocycles. The lowest BCUT2D eigenvalue weighted by Crippen LogP contribution is -2.27. The third-order valence-electron chi connectivity index (χ3n) is 5.21. The second-order valence-corrected chi connectivity index (χ2v) is 7.26. The molecule has 0 spiro atoms. The standard InChI is InChI=1S/C21H32N2O/c1-2-3-4-5-6-7-8-13-24-17-10-12-21-19(15-17)18-14-16(22)9-11-20(18)23-21/h10,12,15-16,23H,2-9,11,13-14,22H2,1H3/t16-/m0/s1. The zero-order valence-corrected chi connectivity index (χ0v) is 15.1. The van der Waals surface area contributed by atoms with Crippen molar-refractivity contribution in [3.8, 4) is 5.75 Å². The second-order valence-electron chi connectivity index (χ2n) is 7.26. The summed E-state index contributed by atoms with van der Waals surface area (Å²) in [5.74, 6) is 0.995. The lowest BCUT2D eigenvalue weighted by molar-refractivity contribution is 0.304. The van der Waals surface area contributed by atoms with Gasteiger partial charge in [-0.05, 0) is 49.4 Å². The van der Waals surface area contributed by atoms with E-state index < -0.39 is 0 Å². The summed E-state index contributed by atoms with van der Waals surface area (Å²) in [6.45, 7) is 3.09. The highest BCUT2D eigenvalue weighted by Gasteiger charge is 2.20. The molecule has 3 nitrogen and oxygen atoms in total. The summed E-state index contributed by atoms with van der Waals surface area (Å²) in [7, 11) is 0. The first-order valence-corrected chi connectivity index (χ1v) is 9.79. The maximum Gasteiger partial charge on any atom is 0.120 e. The number of nitrogens with two attached hydrogens (primary N) is 1. The van der Waals surface area contributed by atoms with Gasteiger partial charge in [0.05, 0.1) is 6.61 Å². The van der Waals surface area contributed by atoms with E-state index >= 15 is 0 Å². The molecule has 0 radical (unpaired) electrons. The van der Waals surface area contributed by atoms with Gasteiger partial charge in [0.1, 0.15) is 5.75 Å². The average molecular weight is 329 g/mol. The molecular formula is C21H32N2O. The van der Waals surface area contributed by atoms with Gasteiger partial charge in [-0.25, -0.2) is 0 Å². The Morgan fingerprint density at radius 2 is 1.92 bits per heavy atom.